The SMILES string of the molecule is CCOC(=O)Cc1nnn(CC(=O)N[C@H]2CCNC2)n1. The van der Waals surface area contributed by atoms with Crippen molar-refractivity contribution in [2.24, 2.45) is 0 Å². The molecule has 0 aliphatic carbocycles. The Morgan fingerprint density at radius 1 is 1.55 bits per heavy atom. The standard InChI is InChI=1S/C11H18N6O3/c1-2-20-11(19)5-9-14-16-17(15-9)7-10(18)13-8-3-4-12-6-8/h8,12H,2-7H2,1H3,(H,13,18)/t8-/m0/s1. The van der Waals surface area contributed by atoms with Gasteiger partial charge >= 0.3 is 5.97 Å². The van der Waals surface area contributed by atoms with Crippen LogP contribution >= 0.6 is 0 Å². The third-order valence-corrected chi connectivity index (χ3v) is 2.81. The number of rotatable bonds is 6. The second kappa shape index (κ2) is 6.94. The molecule has 2 rings (SSSR count). The molecular weight excluding hydrogens is 264 g/mol. The second-order valence-electron chi connectivity index (χ2n) is 4.48. The number of nitrogens with one attached hydrogen (secondary N) is 2. The van der Waals surface area contributed by atoms with E-state index in [2.05, 4.69) is 26.0 Å². The van der Waals surface area contributed by atoms with Gasteiger partial charge in [0, 0.05) is 12.6 Å². The van der Waals surface area contributed by atoms with Gasteiger partial charge in [-0.05, 0) is 25.1 Å². The van der Waals surface area contributed by atoms with E-state index in [1.807, 2.05) is 0 Å². The lowest BCUT2D eigenvalue weighted by Gasteiger charge is -2.10. The van der Waals surface area contributed by atoms with Crippen molar-refractivity contribution in [3.8, 4) is 0 Å². The van der Waals surface area contributed by atoms with Crippen LogP contribution < -0.4 is 10.6 Å². The molecule has 1 saturated heterocycles. The van der Waals surface area contributed by atoms with Crippen LogP contribution in [0, 0.1) is 0 Å². The van der Waals surface area contributed by atoms with Gasteiger partial charge in [0.2, 0.25) is 5.91 Å². The Kier molecular flexibility index (Phi) is 4.99. The minimum atomic E-state index is -0.409. The van der Waals surface area contributed by atoms with Crippen LogP contribution in [0.3, 0.4) is 0 Å². The Hall–Kier alpha value is -2.03. The first-order chi connectivity index (χ1) is 9.67. The lowest BCUT2D eigenvalue weighted by Crippen LogP contribution is -2.38. The molecule has 1 aliphatic rings. The molecule has 0 saturated carbocycles. The molecule has 0 unspecified atom stereocenters. The molecule has 0 radical (unpaired) electrons. The number of hydrogen-bond acceptors (Lipinski definition) is 7. The topological polar surface area (TPSA) is 111 Å². The zero-order valence-electron chi connectivity index (χ0n) is 11.3. The molecule has 9 nitrogen and oxygen atoms in total. The van der Waals surface area contributed by atoms with Gasteiger partial charge in [-0.15, -0.1) is 10.2 Å². The van der Waals surface area contributed by atoms with Crippen LogP contribution in [0.5, 0.6) is 0 Å². The first kappa shape index (κ1) is 14.4. The van der Waals surface area contributed by atoms with Gasteiger partial charge in [-0.25, -0.2) is 0 Å². The van der Waals surface area contributed by atoms with Crippen LogP contribution in [0.15, 0.2) is 0 Å². The zero-order chi connectivity index (χ0) is 14.4. The number of ether oxygens (including phenoxy) is 1. The quantitative estimate of drug-likeness (QED) is 0.595. The van der Waals surface area contributed by atoms with Crippen LogP contribution in [0.25, 0.3) is 0 Å². The molecule has 1 aliphatic heterocycles. The van der Waals surface area contributed by atoms with Crippen LogP contribution in [0.2, 0.25) is 0 Å². The van der Waals surface area contributed by atoms with Gasteiger partial charge in [-0.1, -0.05) is 0 Å². The summed E-state index contributed by atoms with van der Waals surface area (Å²) in [6, 6.07) is 0.157. The maximum absolute atomic E-state index is 11.7. The van der Waals surface area contributed by atoms with Gasteiger partial charge in [0.1, 0.15) is 13.0 Å². The number of hydrogen-bond donors (Lipinski definition) is 2. The number of carbonyl (C=O) groups excluding carboxylic acids is 2. The Morgan fingerprint density at radius 2 is 2.40 bits per heavy atom. The van der Waals surface area contributed by atoms with E-state index in [0.717, 1.165) is 19.5 Å². The van der Waals surface area contributed by atoms with Gasteiger partial charge in [0.25, 0.3) is 0 Å². The third kappa shape index (κ3) is 4.26. The summed E-state index contributed by atoms with van der Waals surface area (Å²) in [7, 11) is 0. The molecule has 2 N–H and O–H groups in total. The summed E-state index contributed by atoms with van der Waals surface area (Å²) in [6.07, 6.45) is 0.882. The van der Waals surface area contributed by atoms with Crippen molar-refractivity contribution in [2.75, 3.05) is 19.7 Å². The summed E-state index contributed by atoms with van der Waals surface area (Å²) in [5, 5.41) is 17.5. The summed E-state index contributed by atoms with van der Waals surface area (Å²) < 4.78 is 4.78. The lowest BCUT2D eigenvalue weighted by atomic mass is 10.2. The number of nitrogens with zero attached hydrogens (tertiary/aromatic N) is 4. The van der Waals surface area contributed by atoms with E-state index in [1.54, 1.807) is 6.92 Å². The fraction of sp³-hybridized carbons (Fsp3) is 0.727. The Balaban J connectivity index is 1.79. The summed E-state index contributed by atoms with van der Waals surface area (Å²) in [4.78, 5) is 24.2. The van der Waals surface area contributed by atoms with E-state index >= 15 is 0 Å². The van der Waals surface area contributed by atoms with E-state index in [9.17, 15) is 9.59 Å². The second-order valence-corrected chi connectivity index (χ2v) is 4.48. The molecular formula is C11H18N6O3. The number of amides is 1. The summed E-state index contributed by atoms with van der Waals surface area (Å²) >= 11 is 0. The smallest absolute Gasteiger partial charge is 0.313 e. The molecule has 110 valence electrons. The molecule has 1 amide bonds. The maximum Gasteiger partial charge on any atom is 0.313 e. The van der Waals surface area contributed by atoms with E-state index < -0.39 is 5.97 Å². The summed E-state index contributed by atoms with van der Waals surface area (Å²) in [5.41, 5.74) is 0. The number of tetrazole rings is 1. The summed E-state index contributed by atoms with van der Waals surface area (Å²) in [5.74, 6) is -0.328. The van der Waals surface area contributed by atoms with E-state index in [1.165, 1.54) is 4.80 Å². The predicted molar refractivity (Wildman–Crippen MR) is 67.6 cm³/mol. The highest BCUT2D eigenvalue weighted by Crippen LogP contribution is 1.97. The van der Waals surface area contributed by atoms with Gasteiger partial charge in [0.05, 0.1) is 6.61 Å². The minimum absolute atomic E-state index is 0.00761. The molecule has 0 aromatic carbocycles. The van der Waals surface area contributed by atoms with Crippen LogP contribution in [-0.2, 0) is 27.3 Å². The van der Waals surface area contributed by atoms with Crippen molar-refractivity contribution in [3.63, 3.8) is 0 Å². The van der Waals surface area contributed by atoms with Crippen molar-refractivity contribution in [1.29, 1.82) is 0 Å². The molecule has 1 fully saturated rings. The fourth-order valence-electron chi connectivity index (χ4n) is 1.93. The van der Waals surface area contributed by atoms with Gasteiger partial charge in [0.15, 0.2) is 5.82 Å². The monoisotopic (exact) mass is 282 g/mol. The first-order valence-corrected chi connectivity index (χ1v) is 6.59. The average molecular weight is 282 g/mol. The van der Waals surface area contributed by atoms with Crippen LogP contribution in [-0.4, -0.2) is 57.8 Å². The average Bonchev–Trinajstić information content (AvgIpc) is 3.02. The minimum Gasteiger partial charge on any atom is -0.466 e. The third-order valence-electron chi connectivity index (χ3n) is 2.81. The Morgan fingerprint density at radius 3 is 3.10 bits per heavy atom. The lowest BCUT2D eigenvalue weighted by molar-refractivity contribution is -0.142. The van der Waals surface area contributed by atoms with Crippen LogP contribution in [0.1, 0.15) is 19.2 Å². The number of aromatic nitrogens is 4. The van der Waals surface area contributed by atoms with Crippen LogP contribution in [0.4, 0.5) is 0 Å². The summed E-state index contributed by atoms with van der Waals surface area (Å²) in [6.45, 7) is 3.72. The van der Waals surface area contributed by atoms with Crippen molar-refractivity contribution >= 4 is 11.9 Å². The highest BCUT2D eigenvalue weighted by molar-refractivity contribution is 5.76. The van der Waals surface area contributed by atoms with Gasteiger partial charge in [-0.2, -0.15) is 4.80 Å². The molecule has 1 aromatic heterocycles. The predicted octanol–water partition coefficient (Wildman–Crippen LogP) is -1.74. The molecule has 0 spiro atoms. The Bertz CT molecular complexity index is 468. The number of esters is 1. The largest absolute Gasteiger partial charge is 0.466 e. The van der Waals surface area contributed by atoms with Crippen molar-refractivity contribution in [1.82, 2.24) is 30.8 Å². The highest BCUT2D eigenvalue weighted by Gasteiger charge is 2.17. The maximum atomic E-state index is 11.7. The Labute approximate surface area is 116 Å². The van der Waals surface area contributed by atoms with Crippen molar-refractivity contribution < 1.29 is 14.3 Å². The first-order valence-electron chi connectivity index (χ1n) is 6.59. The highest BCUT2D eigenvalue weighted by atomic mass is 16.5. The van der Waals surface area contributed by atoms with Gasteiger partial charge in [-0.3, -0.25) is 9.59 Å². The van der Waals surface area contributed by atoms with E-state index in [-0.39, 0.29) is 30.7 Å². The fourth-order valence-corrected chi connectivity index (χ4v) is 1.93. The molecule has 2 heterocycles. The van der Waals surface area contributed by atoms with Gasteiger partial charge < -0.3 is 15.4 Å². The van der Waals surface area contributed by atoms with E-state index in [4.69, 9.17) is 4.74 Å². The van der Waals surface area contributed by atoms with E-state index in [0.29, 0.717) is 6.61 Å². The number of carbonyl (C=O) groups is 2. The van der Waals surface area contributed by atoms with Crippen molar-refractivity contribution in [3.05, 3.63) is 5.82 Å². The molecule has 1 aromatic rings. The molecule has 9 heteroatoms. The molecule has 1 atom stereocenters. The molecule has 20 heavy (non-hydrogen) atoms. The molecule has 0 bridgehead atoms. The zero-order valence-corrected chi connectivity index (χ0v) is 11.3. The van der Waals surface area contributed by atoms with Crippen molar-refractivity contribution in [2.45, 2.75) is 32.4 Å². The normalized spacial score (nSPS) is 17.9.